The molecular formula is C32H51N3. The fraction of sp³-hybridized carbons (Fsp3) is 0.625. The smallest absolute Gasteiger partial charge is 0.0367 e. The van der Waals surface area contributed by atoms with Crippen LogP contribution in [0.25, 0.3) is 0 Å². The molecule has 3 nitrogen and oxygen atoms in total. The highest BCUT2D eigenvalue weighted by atomic mass is 15.3. The van der Waals surface area contributed by atoms with Crippen LogP contribution in [0.4, 0.5) is 5.69 Å². The normalized spacial score (nSPS) is 18.3. The van der Waals surface area contributed by atoms with Gasteiger partial charge < -0.3 is 9.80 Å². The van der Waals surface area contributed by atoms with Crippen molar-refractivity contribution in [2.45, 2.75) is 85.1 Å². The Kier molecular flexibility index (Phi) is 10.7. The molecular weight excluding hydrogens is 426 g/mol. The Labute approximate surface area is 216 Å². The van der Waals surface area contributed by atoms with Gasteiger partial charge in [-0.2, -0.15) is 0 Å². The van der Waals surface area contributed by atoms with Crippen molar-refractivity contribution in [1.29, 1.82) is 0 Å². The van der Waals surface area contributed by atoms with E-state index in [-0.39, 0.29) is 0 Å². The van der Waals surface area contributed by atoms with E-state index in [9.17, 15) is 0 Å². The minimum atomic E-state index is 0.622. The molecule has 0 aliphatic carbocycles. The summed E-state index contributed by atoms with van der Waals surface area (Å²) in [5.74, 6) is 2.06. The molecule has 0 radical (unpaired) electrons. The molecule has 0 N–H and O–H groups in total. The number of hydrogen-bond donors (Lipinski definition) is 0. The molecule has 0 aromatic heterocycles. The zero-order valence-corrected chi connectivity index (χ0v) is 23.6. The van der Waals surface area contributed by atoms with Crippen molar-refractivity contribution in [1.82, 2.24) is 9.80 Å². The van der Waals surface area contributed by atoms with E-state index in [1.54, 1.807) is 5.56 Å². The van der Waals surface area contributed by atoms with Crippen LogP contribution in [-0.4, -0.2) is 61.7 Å². The number of anilines is 1. The minimum Gasteiger partial charge on any atom is -0.369 e. The van der Waals surface area contributed by atoms with E-state index < -0.39 is 0 Å². The van der Waals surface area contributed by atoms with Crippen molar-refractivity contribution >= 4 is 5.69 Å². The Hall–Kier alpha value is -1.84. The Morgan fingerprint density at radius 1 is 0.657 bits per heavy atom. The summed E-state index contributed by atoms with van der Waals surface area (Å²) in [6.45, 7) is 24.3. The lowest BCUT2D eigenvalue weighted by Crippen LogP contribution is -2.48. The summed E-state index contributed by atoms with van der Waals surface area (Å²) in [4.78, 5) is 7.61. The molecule has 2 saturated heterocycles. The molecule has 0 atom stereocenters. The van der Waals surface area contributed by atoms with E-state index in [1.165, 1.54) is 62.4 Å². The third-order valence-corrected chi connectivity index (χ3v) is 8.08. The van der Waals surface area contributed by atoms with Crippen LogP contribution in [0.3, 0.4) is 0 Å². The van der Waals surface area contributed by atoms with Crippen molar-refractivity contribution in [2.75, 3.05) is 50.7 Å². The van der Waals surface area contributed by atoms with Gasteiger partial charge in [0.05, 0.1) is 0 Å². The monoisotopic (exact) mass is 477 g/mol. The number of nitrogens with zero attached hydrogens (tertiary/aromatic N) is 3. The molecule has 0 saturated carbocycles. The van der Waals surface area contributed by atoms with E-state index in [0.717, 1.165) is 19.0 Å². The quantitative estimate of drug-likeness (QED) is 0.430. The van der Waals surface area contributed by atoms with E-state index >= 15 is 0 Å². The molecule has 0 unspecified atom stereocenters. The van der Waals surface area contributed by atoms with Crippen molar-refractivity contribution < 1.29 is 0 Å². The SMILES string of the molecule is CC(C)c1ccc(N2CCN(C(C)C)CC2)cc1.CCN1CCC(c2ccc(C(C)C)cc2)CC1. The highest BCUT2D eigenvalue weighted by Crippen LogP contribution is 2.29. The third kappa shape index (κ3) is 8.08. The fourth-order valence-corrected chi connectivity index (χ4v) is 5.30. The molecule has 4 rings (SSSR count). The van der Waals surface area contributed by atoms with Crippen molar-refractivity contribution in [2.24, 2.45) is 0 Å². The molecule has 2 aromatic rings. The van der Waals surface area contributed by atoms with Gasteiger partial charge in [-0.05, 0) is 92.9 Å². The second-order valence-corrected chi connectivity index (χ2v) is 11.4. The standard InChI is InChI=1S/C16H26N2.C16H25N/c1-13(2)15-5-7-16(8-6-15)18-11-9-17(10-12-18)14(3)4;1-4-17-11-9-16(10-12-17)15-7-5-14(6-8-15)13(2)3/h5-8,13-14H,9-12H2,1-4H3;5-8,13,16H,4,9-12H2,1-3H3. The Morgan fingerprint density at radius 3 is 1.57 bits per heavy atom. The maximum absolute atomic E-state index is 2.55. The van der Waals surface area contributed by atoms with E-state index in [4.69, 9.17) is 0 Å². The van der Waals surface area contributed by atoms with Gasteiger partial charge in [-0.25, -0.2) is 0 Å². The lowest BCUT2D eigenvalue weighted by molar-refractivity contribution is 0.209. The predicted octanol–water partition coefficient (Wildman–Crippen LogP) is 7.35. The van der Waals surface area contributed by atoms with Gasteiger partial charge in [-0.3, -0.25) is 4.90 Å². The van der Waals surface area contributed by atoms with Gasteiger partial charge >= 0.3 is 0 Å². The van der Waals surface area contributed by atoms with E-state index in [2.05, 4.69) is 112 Å². The summed E-state index contributed by atoms with van der Waals surface area (Å²) < 4.78 is 0. The molecule has 0 amide bonds. The third-order valence-electron chi connectivity index (χ3n) is 8.08. The highest BCUT2D eigenvalue weighted by Gasteiger charge is 2.20. The molecule has 0 spiro atoms. The summed E-state index contributed by atoms with van der Waals surface area (Å²) in [6, 6.07) is 19.1. The molecule has 2 aliphatic rings. The first-order valence-electron chi connectivity index (χ1n) is 14.2. The average Bonchev–Trinajstić information content (AvgIpc) is 2.89. The van der Waals surface area contributed by atoms with Crippen LogP contribution in [0.1, 0.15) is 95.8 Å². The Bertz CT molecular complexity index is 837. The zero-order valence-electron chi connectivity index (χ0n) is 23.6. The number of benzene rings is 2. The first-order chi connectivity index (χ1) is 16.8. The van der Waals surface area contributed by atoms with Crippen molar-refractivity contribution in [3.63, 3.8) is 0 Å². The summed E-state index contributed by atoms with van der Waals surface area (Å²) in [7, 11) is 0. The van der Waals surface area contributed by atoms with Gasteiger partial charge in [0.1, 0.15) is 0 Å². The minimum absolute atomic E-state index is 0.622. The number of likely N-dealkylation sites (tertiary alicyclic amines) is 1. The van der Waals surface area contributed by atoms with Crippen LogP contribution in [0, 0.1) is 0 Å². The molecule has 2 aliphatic heterocycles. The maximum Gasteiger partial charge on any atom is 0.0367 e. The van der Waals surface area contributed by atoms with Crippen molar-refractivity contribution in [3.05, 3.63) is 65.2 Å². The lowest BCUT2D eigenvalue weighted by atomic mass is 9.88. The maximum atomic E-state index is 2.55. The summed E-state index contributed by atoms with van der Waals surface area (Å²) >= 11 is 0. The Morgan fingerprint density at radius 2 is 1.14 bits per heavy atom. The van der Waals surface area contributed by atoms with Gasteiger partial charge in [0.25, 0.3) is 0 Å². The van der Waals surface area contributed by atoms with Crippen LogP contribution < -0.4 is 4.90 Å². The van der Waals surface area contributed by atoms with Gasteiger partial charge in [-0.1, -0.05) is 71.0 Å². The molecule has 2 heterocycles. The van der Waals surface area contributed by atoms with E-state index in [1.807, 2.05) is 0 Å². The predicted molar refractivity (Wildman–Crippen MR) is 154 cm³/mol. The largest absolute Gasteiger partial charge is 0.369 e. The molecule has 35 heavy (non-hydrogen) atoms. The number of piperidine rings is 1. The van der Waals surface area contributed by atoms with Crippen LogP contribution in [0.2, 0.25) is 0 Å². The average molecular weight is 478 g/mol. The summed E-state index contributed by atoms with van der Waals surface area (Å²) in [5.41, 5.74) is 5.81. The Balaban J connectivity index is 0.000000196. The zero-order chi connectivity index (χ0) is 25.4. The highest BCUT2D eigenvalue weighted by molar-refractivity contribution is 5.48. The molecule has 194 valence electrons. The van der Waals surface area contributed by atoms with Crippen LogP contribution in [0.15, 0.2) is 48.5 Å². The fourth-order valence-electron chi connectivity index (χ4n) is 5.30. The van der Waals surface area contributed by atoms with Gasteiger partial charge in [0.15, 0.2) is 0 Å². The van der Waals surface area contributed by atoms with E-state index in [0.29, 0.717) is 17.9 Å². The summed E-state index contributed by atoms with van der Waals surface area (Å²) in [6.07, 6.45) is 2.66. The lowest BCUT2D eigenvalue weighted by Gasteiger charge is -2.38. The molecule has 2 aromatic carbocycles. The molecule has 0 bridgehead atoms. The topological polar surface area (TPSA) is 9.72 Å². The molecule has 2 fully saturated rings. The first-order valence-corrected chi connectivity index (χ1v) is 14.2. The summed E-state index contributed by atoms with van der Waals surface area (Å²) in [5, 5.41) is 0. The second kappa shape index (κ2) is 13.5. The number of piperazine rings is 1. The van der Waals surface area contributed by atoms with Crippen molar-refractivity contribution in [3.8, 4) is 0 Å². The van der Waals surface area contributed by atoms with Gasteiger partial charge in [0.2, 0.25) is 0 Å². The number of rotatable bonds is 6. The first kappa shape index (κ1) is 27.7. The van der Waals surface area contributed by atoms with Crippen LogP contribution in [0.5, 0.6) is 0 Å². The van der Waals surface area contributed by atoms with Crippen LogP contribution >= 0.6 is 0 Å². The second-order valence-electron chi connectivity index (χ2n) is 11.4. The van der Waals surface area contributed by atoms with Crippen LogP contribution in [-0.2, 0) is 0 Å². The van der Waals surface area contributed by atoms with Gasteiger partial charge in [-0.15, -0.1) is 0 Å². The van der Waals surface area contributed by atoms with Gasteiger partial charge in [0, 0.05) is 37.9 Å². The molecule has 3 heteroatoms. The number of hydrogen-bond acceptors (Lipinski definition) is 3.